The Morgan fingerprint density at radius 1 is 0.870 bits per heavy atom. The number of nitrogens with one attached hydrogen (secondary N) is 1. The molecular weight excluding hydrogens is 583 g/mol. The summed E-state index contributed by atoms with van der Waals surface area (Å²) in [7, 11) is 0. The summed E-state index contributed by atoms with van der Waals surface area (Å²) in [5.74, 6) is 0.888. The molecule has 10 heteroatoms. The second-order valence-corrected chi connectivity index (χ2v) is 13.3. The molecule has 4 aromatic rings. The van der Waals surface area contributed by atoms with Gasteiger partial charge in [0.2, 0.25) is 17.7 Å². The second-order valence-electron chi connectivity index (χ2n) is 13.3. The third-order valence-corrected chi connectivity index (χ3v) is 8.43. The summed E-state index contributed by atoms with van der Waals surface area (Å²) < 4.78 is 20.9. The molecule has 9 nitrogen and oxygen atoms in total. The summed E-state index contributed by atoms with van der Waals surface area (Å²) >= 11 is 0. The smallest absolute Gasteiger partial charge is 0.255 e. The van der Waals surface area contributed by atoms with Crippen LogP contribution in [0.3, 0.4) is 0 Å². The molecule has 1 aromatic heterocycles. The third kappa shape index (κ3) is 7.38. The van der Waals surface area contributed by atoms with Crippen LogP contribution in [0.5, 0.6) is 11.6 Å². The lowest BCUT2D eigenvalue weighted by Crippen LogP contribution is -2.49. The summed E-state index contributed by atoms with van der Waals surface area (Å²) in [5, 5.41) is 4.56. The van der Waals surface area contributed by atoms with E-state index in [2.05, 4.69) is 45.9 Å². The van der Waals surface area contributed by atoms with E-state index in [1.807, 2.05) is 29.2 Å². The molecule has 0 spiro atoms. The van der Waals surface area contributed by atoms with Crippen LogP contribution in [0.15, 0.2) is 66.9 Å². The van der Waals surface area contributed by atoms with E-state index >= 15 is 0 Å². The molecule has 0 radical (unpaired) electrons. The van der Waals surface area contributed by atoms with Crippen LogP contribution in [0.2, 0.25) is 0 Å². The Morgan fingerprint density at radius 2 is 1.61 bits per heavy atom. The first kappa shape index (κ1) is 31.3. The number of carbonyl (C=O) groups is 2. The first-order valence-electron chi connectivity index (χ1n) is 16.1. The number of benzene rings is 3. The maximum Gasteiger partial charge on any atom is 0.255 e. The van der Waals surface area contributed by atoms with E-state index in [4.69, 9.17) is 4.74 Å². The lowest BCUT2D eigenvalue weighted by molar-refractivity contribution is -0.133. The topological polar surface area (TPSA) is 90.9 Å². The molecule has 2 amide bonds. The molecule has 2 aliphatic rings. The number of nitrogens with zero attached hydrogens (tertiary/aromatic N) is 5. The summed E-state index contributed by atoms with van der Waals surface area (Å²) in [6.07, 6.45) is 5.48. The fraction of sp³-hybridized carbons (Fsp3) is 0.389. The van der Waals surface area contributed by atoms with E-state index in [0.29, 0.717) is 55.9 Å². The molecule has 3 heterocycles. The van der Waals surface area contributed by atoms with Crippen molar-refractivity contribution in [2.24, 2.45) is 5.41 Å². The zero-order valence-electron chi connectivity index (χ0n) is 26.8. The number of ether oxygens (including phenoxy) is 1. The highest BCUT2D eigenvalue weighted by Crippen LogP contribution is 2.35. The van der Waals surface area contributed by atoms with Gasteiger partial charge in [-0.15, -0.1) is 0 Å². The SMILES string of the molecule is CC(C)(C)CC(=O)N1CCN(c2nccc(Oc3ccc(NC(=O)c4cc(F)cc(N5CCCCC5)c4)c4ccccc34)n2)CC1. The number of anilines is 3. The number of hydrogen-bond acceptors (Lipinski definition) is 7. The van der Waals surface area contributed by atoms with Crippen LogP contribution in [-0.4, -0.2) is 66.0 Å². The Kier molecular flexibility index (Phi) is 9.05. The summed E-state index contributed by atoms with van der Waals surface area (Å²) in [4.78, 5) is 41.3. The van der Waals surface area contributed by atoms with Crippen molar-refractivity contribution in [3.8, 4) is 11.6 Å². The van der Waals surface area contributed by atoms with E-state index < -0.39 is 5.82 Å². The Bertz CT molecular complexity index is 1720. The number of piperidine rings is 1. The van der Waals surface area contributed by atoms with Crippen molar-refractivity contribution >= 4 is 39.9 Å². The minimum atomic E-state index is -0.429. The quantitative estimate of drug-likeness (QED) is 0.240. The van der Waals surface area contributed by atoms with E-state index in [1.165, 1.54) is 18.6 Å². The number of aromatic nitrogens is 2. The van der Waals surface area contributed by atoms with Crippen molar-refractivity contribution in [1.29, 1.82) is 0 Å². The molecule has 6 rings (SSSR count). The predicted octanol–water partition coefficient (Wildman–Crippen LogP) is 6.89. The molecule has 240 valence electrons. The number of halogens is 1. The Labute approximate surface area is 269 Å². The van der Waals surface area contributed by atoms with Gasteiger partial charge in [0.25, 0.3) is 5.91 Å². The van der Waals surface area contributed by atoms with Gasteiger partial charge in [-0.05, 0) is 55.0 Å². The van der Waals surface area contributed by atoms with Gasteiger partial charge in [-0.2, -0.15) is 4.98 Å². The van der Waals surface area contributed by atoms with Gasteiger partial charge in [0.1, 0.15) is 11.6 Å². The van der Waals surface area contributed by atoms with Crippen molar-refractivity contribution in [3.05, 3.63) is 78.2 Å². The van der Waals surface area contributed by atoms with Gasteiger partial charge in [0.15, 0.2) is 0 Å². The van der Waals surface area contributed by atoms with Gasteiger partial charge >= 0.3 is 0 Å². The molecule has 1 N–H and O–H groups in total. The highest BCUT2D eigenvalue weighted by Gasteiger charge is 2.26. The second kappa shape index (κ2) is 13.3. The minimum absolute atomic E-state index is 0.0467. The first-order valence-corrected chi connectivity index (χ1v) is 16.1. The van der Waals surface area contributed by atoms with Crippen molar-refractivity contribution in [1.82, 2.24) is 14.9 Å². The lowest BCUT2D eigenvalue weighted by Gasteiger charge is -2.36. The maximum absolute atomic E-state index is 14.6. The highest BCUT2D eigenvalue weighted by atomic mass is 19.1. The molecular formula is C36H41FN6O3. The van der Waals surface area contributed by atoms with Gasteiger partial charge in [-0.1, -0.05) is 45.0 Å². The zero-order chi connectivity index (χ0) is 32.3. The van der Waals surface area contributed by atoms with Crippen molar-refractivity contribution in [2.75, 3.05) is 54.4 Å². The normalized spacial score (nSPS) is 15.6. The van der Waals surface area contributed by atoms with E-state index in [0.717, 1.165) is 42.4 Å². The van der Waals surface area contributed by atoms with Gasteiger partial charge in [0.05, 0.1) is 0 Å². The zero-order valence-corrected chi connectivity index (χ0v) is 26.8. The van der Waals surface area contributed by atoms with Crippen molar-refractivity contribution in [2.45, 2.75) is 46.5 Å². The average Bonchev–Trinajstić information content (AvgIpc) is 3.05. The van der Waals surface area contributed by atoms with Crippen LogP contribution in [0.4, 0.5) is 21.7 Å². The fourth-order valence-electron chi connectivity index (χ4n) is 6.08. The van der Waals surface area contributed by atoms with Crippen molar-refractivity contribution < 1.29 is 18.7 Å². The fourth-order valence-corrected chi connectivity index (χ4v) is 6.08. The number of carbonyl (C=O) groups excluding carboxylic acids is 2. The molecule has 0 saturated carbocycles. The van der Waals surface area contributed by atoms with Crippen LogP contribution >= 0.6 is 0 Å². The van der Waals surface area contributed by atoms with Gasteiger partial charge in [0, 0.05) is 85.7 Å². The Hall–Kier alpha value is -4.73. The summed E-state index contributed by atoms with van der Waals surface area (Å²) in [6, 6.07) is 17.5. The lowest BCUT2D eigenvalue weighted by atomic mass is 9.91. The Morgan fingerprint density at radius 3 is 2.35 bits per heavy atom. The largest absolute Gasteiger partial charge is 0.438 e. The van der Waals surface area contributed by atoms with E-state index in [-0.39, 0.29) is 22.8 Å². The monoisotopic (exact) mass is 624 g/mol. The number of rotatable bonds is 7. The number of hydrogen-bond donors (Lipinski definition) is 1. The highest BCUT2D eigenvalue weighted by molar-refractivity contribution is 6.10. The van der Waals surface area contributed by atoms with Crippen LogP contribution in [0.1, 0.15) is 56.8 Å². The molecule has 46 heavy (non-hydrogen) atoms. The molecule has 0 unspecified atom stereocenters. The Balaban J connectivity index is 1.16. The van der Waals surface area contributed by atoms with Gasteiger partial charge < -0.3 is 24.8 Å². The molecule has 0 atom stereocenters. The van der Waals surface area contributed by atoms with Crippen LogP contribution in [0.25, 0.3) is 10.8 Å². The van der Waals surface area contributed by atoms with Crippen LogP contribution < -0.4 is 19.9 Å². The number of fused-ring (bicyclic) bond motifs is 1. The minimum Gasteiger partial charge on any atom is -0.438 e. The molecule has 3 aromatic carbocycles. The third-order valence-electron chi connectivity index (χ3n) is 8.43. The standard InChI is InChI=1S/C36H41FN6O3/c1-36(2,3)24-33(44)42-17-19-43(20-18-42)35-38-14-13-32(40-35)46-31-12-11-30(28-9-5-6-10-29(28)31)39-34(45)25-21-26(37)23-27(22-25)41-15-7-4-8-16-41/h5-6,9-14,21-23H,4,7-8,15-20,24H2,1-3H3,(H,39,45). The van der Waals surface area contributed by atoms with Crippen LogP contribution in [0, 0.1) is 11.2 Å². The van der Waals surface area contributed by atoms with Crippen molar-refractivity contribution in [3.63, 3.8) is 0 Å². The first-order chi connectivity index (χ1) is 22.1. The number of amides is 2. The molecule has 0 aliphatic carbocycles. The molecule has 2 fully saturated rings. The predicted molar refractivity (Wildman–Crippen MR) is 179 cm³/mol. The average molecular weight is 625 g/mol. The number of piperazine rings is 1. The van der Waals surface area contributed by atoms with E-state index in [1.54, 1.807) is 30.5 Å². The van der Waals surface area contributed by atoms with Crippen LogP contribution in [-0.2, 0) is 4.79 Å². The van der Waals surface area contributed by atoms with Gasteiger partial charge in [-0.25, -0.2) is 9.37 Å². The summed E-state index contributed by atoms with van der Waals surface area (Å²) in [5.41, 5.74) is 1.56. The summed E-state index contributed by atoms with van der Waals surface area (Å²) in [6.45, 7) is 10.5. The molecule has 0 bridgehead atoms. The van der Waals surface area contributed by atoms with Gasteiger partial charge in [-0.3, -0.25) is 9.59 Å². The maximum atomic E-state index is 14.6. The molecule has 2 saturated heterocycles. The molecule has 2 aliphatic heterocycles. The van der Waals surface area contributed by atoms with E-state index in [9.17, 15) is 14.0 Å².